The van der Waals surface area contributed by atoms with Gasteiger partial charge < -0.3 is 10.3 Å². The summed E-state index contributed by atoms with van der Waals surface area (Å²) in [6.07, 6.45) is 2.86. The Morgan fingerprint density at radius 2 is 2.11 bits per heavy atom. The topological polar surface area (TPSA) is 60.0 Å². The van der Waals surface area contributed by atoms with Gasteiger partial charge in [-0.2, -0.15) is 0 Å². The van der Waals surface area contributed by atoms with Gasteiger partial charge >= 0.3 is 0 Å². The van der Waals surface area contributed by atoms with Crippen LogP contribution in [0.3, 0.4) is 0 Å². The van der Waals surface area contributed by atoms with Crippen LogP contribution < -0.4 is 5.73 Å². The molecule has 2 unspecified atom stereocenters. The molecule has 2 aliphatic rings. The molecular weight excluding hydrogens is 238 g/mol. The molecule has 0 spiro atoms. The first-order valence-corrected chi connectivity index (χ1v) is 6.77. The number of nitrogens with two attached hydrogens (primary N) is 1. The highest BCUT2D eigenvalue weighted by Gasteiger charge is 2.35. The fraction of sp³-hybridized carbons (Fsp3) is 0.429. The standard InChI is InChI=1S/C14H17N5/c15-14-11-4-2-1-3-10(11)7-12(14)18-5-6-19-9-16-17-13(19)8-18/h1-4,9,12,14H,5-8,15H2. The molecule has 0 saturated carbocycles. The van der Waals surface area contributed by atoms with Crippen LogP contribution in [0.25, 0.3) is 0 Å². The molecule has 1 aromatic carbocycles. The number of aromatic nitrogens is 3. The molecular formula is C14H17N5. The molecule has 0 bridgehead atoms. The van der Waals surface area contributed by atoms with Crippen LogP contribution in [0.4, 0.5) is 0 Å². The van der Waals surface area contributed by atoms with Gasteiger partial charge in [-0.3, -0.25) is 4.90 Å². The van der Waals surface area contributed by atoms with Crippen molar-refractivity contribution < 1.29 is 0 Å². The van der Waals surface area contributed by atoms with Crippen molar-refractivity contribution in [3.63, 3.8) is 0 Å². The average Bonchev–Trinajstić information content (AvgIpc) is 3.03. The van der Waals surface area contributed by atoms with Gasteiger partial charge in [0.05, 0.1) is 6.54 Å². The Bertz CT molecular complexity index is 605. The van der Waals surface area contributed by atoms with Crippen molar-refractivity contribution in [1.82, 2.24) is 19.7 Å². The van der Waals surface area contributed by atoms with Crippen molar-refractivity contribution in [2.45, 2.75) is 31.6 Å². The van der Waals surface area contributed by atoms with Gasteiger partial charge in [-0.05, 0) is 17.5 Å². The summed E-state index contributed by atoms with van der Waals surface area (Å²) in [5.41, 5.74) is 9.13. The fourth-order valence-electron chi connectivity index (χ4n) is 3.33. The van der Waals surface area contributed by atoms with Crippen molar-refractivity contribution in [2.24, 2.45) is 5.73 Å². The average molecular weight is 255 g/mol. The second kappa shape index (κ2) is 4.15. The van der Waals surface area contributed by atoms with Gasteiger partial charge in [-0.1, -0.05) is 24.3 Å². The lowest BCUT2D eigenvalue weighted by Crippen LogP contribution is -2.45. The molecule has 2 atom stereocenters. The lowest BCUT2D eigenvalue weighted by molar-refractivity contribution is 0.139. The monoisotopic (exact) mass is 255 g/mol. The summed E-state index contributed by atoms with van der Waals surface area (Å²) in [6, 6.07) is 9.04. The van der Waals surface area contributed by atoms with E-state index in [2.05, 4.69) is 43.9 Å². The zero-order valence-corrected chi connectivity index (χ0v) is 10.7. The highest BCUT2D eigenvalue weighted by molar-refractivity contribution is 5.37. The predicted molar refractivity (Wildman–Crippen MR) is 71.3 cm³/mol. The smallest absolute Gasteiger partial charge is 0.147 e. The van der Waals surface area contributed by atoms with Crippen molar-refractivity contribution in [1.29, 1.82) is 0 Å². The third kappa shape index (κ3) is 1.69. The third-order valence-corrected chi connectivity index (χ3v) is 4.40. The molecule has 2 aromatic rings. The second-order valence-corrected chi connectivity index (χ2v) is 5.41. The van der Waals surface area contributed by atoms with E-state index in [1.165, 1.54) is 11.1 Å². The molecule has 19 heavy (non-hydrogen) atoms. The van der Waals surface area contributed by atoms with Crippen LogP contribution in [-0.2, 0) is 19.5 Å². The molecule has 4 rings (SSSR count). The van der Waals surface area contributed by atoms with E-state index in [1.807, 2.05) is 6.33 Å². The number of fused-ring (bicyclic) bond motifs is 2. The van der Waals surface area contributed by atoms with Gasteiger partial charge in [0, 0.05) is 25.2 Å². The maximum absolute atomic E-state index is 6.43. The minimum absolute atomic E-state index is 0.116. The second-order valence-electron chi connectivity index (χ2n) is 5.41. The van der Waals surface area contributed by atoms with E-state index in [4.69, 9.17) is 5.73 Å². The van der Waals surface area contributed by atoms with Gasteiger partial charge in [0.15, 0.2) is 0 Å². The largest absolute Gasteiger partial charge is 0.323 e. The fourth-order valence-corrected chi connectivity index (χ4v) is 3.33. The zero-order valence-electron chi connectivity index (χ0n) is 10.7. The normalized spacial score (nSPS) is 26.2. The molecule has 5 nitrogen and oxygen atoms in total. The quantitative estimate of drug-likeness (QED) is 0.815. The molecule has 1 aliphatic heterocycles. The van der Waals surface area contributed by atoms with Crippen LogP contribution in [0.15, 0.2) is 30.6 Å². The molecule has 1 aliphatic carbocycles. The van der Waals surface area contributed by atoms with E-state index in [9.17, 15) is 0 Å². The highest BCUT2D eigenvalue weighted by atomic mass is 15.3. The third-order valence-electron chi connectivity index (χ3n) is 4.40. The van der Waals surface area contributed by atoms with Crippen LogP contribution >= 0.6 is 0 Å². The first-order chi connectivity index (χ1) is 9.33. The van der Waals surface area contributed by atoms with Crippen LogP contribution in [0.5, 0.6) is 0 Å². The Balaban J connectivity index is 1.60. The van der Waals surface area contributed by atoms with Gasteiger partial charge in [0.1, 0.15) is 12.2 Å². The predicted octanol–water partition coefficient (Wildman–Crippen LogP) is 0.718. The van der Waals surface area contributed by atoms with Gasteiger partial charge in [0.25, 0.3) is 0 Å². The van der Waals surface area contributed by atoms with Gasteiger partial charge in [-0.15, -0.1) is 10.2 Å². The van der Waals surface area contributed by atoms with Crippen molar-refractivity contribution in [3.05, 3.63) is 47.5 Å². The number of hydrogen-bond acceptors (Lipinski definition) is 4. The van der Waals surface area contributed by atoms with E-state index < -0.39 is 0 Å². The van der Waals surface area contributed by atoms with Crippen molar-refractivity contribution in [2.75, 3.05) is 6.54 Å². The molecule has 98 valence electrons. The highest BCUT2D eigenvalue weighted by Crippen LogP contribution is 2.33. The Morgan fingerprint density at radius 3 is 3.00 bits per heavy atom. The molecule has 5 heteroatoms. The molecule has 1 aromatic heterocycles. The van der Waals surface area contributed by atoms with E-state index in [1.54, 1.807) is 0 Å². The summed E-state index contributed by atoms with van der Waals surface area (Å²) < 4.78 is 2.13. The number of rotatable bonds is 1. The van der Waals surface area contributed by atoms with Crippen molar-refractivity contribution in [3.8, 4) is 0 Å². The summed E-state index contributed by atoms with van der Waals surface area (Å²) >= 11 is 0. The minimum atomic E-state index is 0.116. The Hall–Kier alpha value is -1.72. The summed E-state index contributed by atoms with van der Waals surface area (Å²) in [5, 5.41) is 8.16. The molecule has 2 N–H and O–H groups in total. The molecule has 0 fully saturated rings. The minimum Gasteiger partial charge on any atom is -0.323 e. The molecule has 0 saturated heterocycles. The van der Waals surface area contributed by atoms with E-state index in [0.717, 1.165) is 31.9 Å². The van der Waals surface area contributed by atoms with Crippen LogP contribution in [0.1, 0.15) is 23.0 Å². The maximum Gasteiger partial charge on any atom is 0.147 e. The molecule has 0 amide bonds. The Labute approximate surface area is 112 Å². The summed E-state index contributed by atoms with van der Waals surface area (Å²) in [5.74, 6) is 1.05. The number of hydrogen-bond donors (Lipinski definition) is 1. The Kier molecular flexibility index (Phi) is 2.43. The van der Waals surface area contributed by atoms with E-state index in [0.29, 0.717) is 6.04 Å². The summed E-state index contributed by atoms with van der Waals surface area (Å²) in [4.78, 5) is 2.45. The first kappa shape index (κ1) is 11.1. The summed E-state index contributed by atoms with van der Waals surface area (Å²) in [6.45, 7) is 2.84. The number of benzene rings is 1. The number of nitrogens with zero attached hydrogens (tertiary/aromatic N) is 4. The Morgan fingerprint density at radius 1 is 1.21 bits per heavy atom. The van der Waals surface area contributed by atoms with E-state index in [-0.39, 0.29) is 6.04 Å². The molecule has 2 heterocycles. The van der Waals surface area contributed by atoms with E-state index >= 15 is 0 Å². The van der Waals surface area contributed by atoms with Crippen molar-refractivity contribution >= 4 is 0 Å². The molecule has 0 radical (unpaired) electrons. The van der Waals surface area contributed by atoms with Gasteiger partial charge in [0.2, 0.25) is 0 Å². The zero-order chi connectivity index (χ0) is 12.8. The lowest BCUT2D eigenvalue weighted by Gasteiger charge is -2.34. The lowest BCUT2D eigenvalue weighted by atomic mass is 10.1. The van der Waals surface area contributed by atoms with Gasteiger partial charge in [-0.25, -0.2) is 0 Å². The maximum atomic E-state index is 6.43. The first-order valence-electron chi connectivity index (χ1n) is 6.77. The van der Waals surface area contributed by atoms with Crippen LogP contribution in [0.2, 0.25) is 0 Å². The van der Waals surface area contributed by atoms with Crippen LogP contribution in [-0.4, -0.2) is 32.3 Å². The summed E-state index contributed by atoms with van der Waals surface area (Å²) in [7, 11) is 0. The van der Waals surface area contributed by atoms with Crippen LogP contribution in [0, 0.1) is 0 Å². The SMILES string of the molecule is NC1c2ccccc2CC1N1CCn2cnnc2C1.